The Bertz CT molecular complexity index is 747. The summed E-state index contributed by atoms with van der Waals surface area (Å²) >= 11 is 0. The van der Waals surface area contributed by atoms with E-state index < -0.39 is 17.7 Å². The molecule has 126 valence electrons. The molecule has 0 saturated heterocycles. The molecular formula is C18H15F3O3. The van der Waals surface area contributed by atoms with Crippen LogP contribution in [-0.2, 0) is 11.4 Å². The molecule has 0 heterocycles. The molecule has 0 aliphatic heterocycles. The Kier molecular flexibility index (Phi) is 5.28. The third-order valence-electron chi connectivity index (χ3n) is 3.19. The topological polar surface area (TPSA) is 46.5 Å². The molecule has 1 N–H and O–H groups in total. The van der Waals surface area contributed by atoms with Crippen molar-refractivity contribution < 1.29 is 27.8 Å². The summed E-state index contributed by atoms with van der Waals surface area (Å²) in [4.78, 5) is 10.8. The van der Waals surface area contributed by atoms with Gasteiger partial charge in [-0.1, -0.05) is 29.8 Å². The lowest BCUT2D eigenvalue weighted by atomic mass is 10.1. The molecule has 0 saturated carbocycles. The largest absolute Gasteiger partial charge is 0.507 e. The number of carbonyl (C=O) groups excluding carboxylic acids is 1. The molecular weight excluding hydrogens is 321 g/mol. The van der Waals surface area contributed by atoms with E-state index in [1.807, 2.05) is 31.2 Å². The molecule has 0 aliphatic rings. The maximum atomic E-state index is 12.2. The average molecular weight is 336 g/mol. The lowest BCUT2D eigenvalue weighted by Gasteiger charge is -2.08. The van der Waals surface area contributed by atoms with E-state index in [2.05, 4.69) is 0 Å². The van der Waals surface area contributed by atoms with Crippen LogP contribution in [0.4, 0.5) is 13.2 Å². The minimum atomic E-state index is -5.01. The number of hydrogen-bond acceptors (Lipinski definition) is 3. The van der Waals surface area contributed by atoms with E-state index in [-0.39, 0.29) is 11.6 Å². The number of allylic oxidation sites excluding steroid dienone is 1. The van der Waals surface area contributed by atoms with Crippen molar-refractivity contribution in [3.63, 3.8) is 0 Å². The van der Waals surface area contributed by atoms with E-state index in [0.29, 0.717) is 12.4 Å². The zero-order valence-electron chi connectivity index (χ0n) is 12.8. The summed E-state index contributed by atoms with van der Waals surface area (Å²) < 4.78 is 42.0. The van der Waals surface area contributed by atoms with Gasteiger partial charge < -0.3 is 9.84 Å². The Morgan fingerprint density at radius 1 is 1.17 bits per heavy atom. The van der Waals surface area contributed by atoms with E-state index >= 15 is 0 Å². The quantitative estimate of drug-likeness (QED) is 0.641. The smallest absolute Gasteiger partial charge is 0.454 e. The van der Waals surface area contributed by atoms with Crippen LogP contribution in [0.1, 0.15) is 16.7 Å². The third-order valence-corrected chi connectivity index (χ3v) is 3.19. The van der Waals surface area contributed by atoms with Crippen molar-refractivity contribution in [1.29, 1.82) is 0 Å². The standard InChI is InChI=1S/C18H15F3O3/c1-12-3-2-4-13(9-12)11-24-15-7-5-14(6-8-15)16(22)10-17(23)18(19,20)21/h2-10,22H,11H2,1H3/b16-10-. The molecule has 2 aromatic carbocycles. The van der Waals surface area contributed by atoms with Crippen LogP contribution in [0.2, 0.25) is 0 Å². The van der Waals surface area contributed by atoms with Crippen molar-refractivity contribution >= 4 is 11.5 Å². The minimum absolute atomic E-state index is 0.0931. The predicted molar refractivity (Wildman–Crippen MR) is 83.6 cm³/mol. The maximum Gasteiger partial charge on any atom is 0.454 e. The molecule has 0 amide bonds. The molecule has 0 aromatic heterocycles. The van der Waals surface area contributed by atoms with Gasteiger partial charge in [-0.05, 0) is 36.8 Å². The molecule has 2 rings (SSSR count). The van der Waals surface area contributed by atoms with E-state index in [4.69, 9.17) is 4.74 Å². The molecule has 0 radical (unpaired) electrons. The SMILES string of the molecule is Cc1cccc(COc2ccc(/C(O)=C/C(=O)C(F)(F)F)cc2)c1. The lowest BCUT2D eigenvalue weighted by molar-refractivity contribution is -0.165. The molecule has 0 fully saturated rings. The predicted octanol–water partition coefficient (Wildman–Crippen LogP) is 4.60. The summed E-state index contributed by atoms with van der Waals surface area (Å²) in [6.07, 6.45) is -4.85. The van der Waals surface area contributed by atoms with Crippen molar-refractivity contribution in [1.82, 2.24) is 0 Å². The first-order chi connectivity index (χ1) is 11.3. The lowest BCUT2D eigenvalue weighted by Crippen LogP contribution is -2.20. The van der Waals surface area contributed by atoms with Crippen molar-refractivity contribution in [2.45, 2.75) is 19.7 Å². The summed E-state index contributed by atoms with van der Waals surface area (Å²) in [5, 5.41) is 9.58. The van der Waals surface area contributed by atoms with Gasteiger partial charge in [0.05, 0.1) is 0 Å². The first-order valence-corrected chi connectivity index (χ1v) is 7.06. The normalized spacial score (nSPS) is 12.1. The number of hydrogen-bond donors (Lipinski definition) is 1. The van der Waals surface area contributed by atoms with Crippen molar-refractivity contribution in [3.8, 4) is 5.75 Å². The van der Waals surface area contributed by atoms with Crippen LogP contribution in [0.25, 0.3) is 5.76 Å². The van der Waals surface area contributed by atoms with Gasteiger partial charge in [0.25, 0.3) is 5.78 Å². The fraction of sp³-hybridized carbons (Fsp3) is 0.167. The fourth-order valence-electron chi connectivity index (χ4n) is 1.98. The van der Waals surface area contributed by atoms with E-state index in [9.17, 15) is 23.1 Å². The van der Waals surface area contributed by atoms with Gasteiger partial charge in [-0.25, -0.2) is 0 Å². The third kappa shape index (κ3) is 4.87. The Morgan fingerprint density at radius 2 is 1.83 bits per heavy atom. The monoisotopic (exact) mass is 336 g/mol. The highest BCUT2D eigenvalue weighted by Gasteiger charge is 2.36. The molecule has 6 heteroatoms. The highest BCUT2D eigenvalue weighted by Crippen LogP contribution is 2.22. The van der Waals surface area contributed by atoms with Gasteiger partial charge in [0.2, 0.25) is 0 Å². The Labute approximate surface area is 137 Å². The van der Waals surface area contributed by atoms with Crippen LogP contribution in [0, 0.1) is 6.92 Å². The highest BCUT2D eigenvalue weighted by molar-refractivity contribution is 5.99. The van der Waals surface area contributed by atoms with Crippen LogP contribution < -0.4 is 4.74 Å². The molecule has 0 bridgehead atoms. The zero-order chi connectivity index (χ0) is 17.7. The van der Waals surface area contributed by atoms with Crippen LogP contribution in [0.5, 0.6) is 5.75 Å². The minimum Gasteiger partial charge on any atom is -0.507 e. The van der Waals surface area contributed by atoms with Gasteiger partial charge in [0.15, 0.2) is 0 Å². The molecule has 0 atom stereocenters. The molecule has 24 heavy (non-hydrogen) atoms. The molecule has 0 unspecified atom stereocenters. The number of halogens is 3. The first-order valence-electron chi connectivity index (χ1n) is 7.06. The fourth-order valence-corrected chi connectivity index (χ4v) is 1.98. The summed E-state index contributed by atoms with van der Waals surface area (Å²) in [5.41, 5.74) is 2.18. The molecule has 0 spiro atoms. The maximum absolute atomic E-state index is 12.2. The number of carbonyl (C=O) groups is 1. The summed E-state index contributed by atoms with van der Waals surface area (Å²) in [5.74, 6) is -2.36. The number of aryl methyl sites for hydroxylation is 1. The van der Waals surface area contributed by atoms with Crippen molar-refractivity contribution in [2.24, 2.45) is 0 Å². The average Bonchev–Trinajstić information content (AvgIpc) is 2.52. The van der Waals surface area contributed by atoms with Crippen LogP contribution in [-0.4, -0.2) is 17.1 Å². The van der Waals surface area contributed by atoms with Crippen LogP contribution in [0.15, 0.2) is 54.6 Å². The van der Waals surface area contributed by atoms with Crippen molar-refractivity contribution in [2.75, 3.05) is 0 Å². The number of alkyl halides is 3. The van der Waals surface area contributed by atoms with Gasteiger partial charge in [-0.15, -0.1) is 0 Å². The number of aliphatic hydroxyl groups is 1. The highest BCUT2D eigenvalue weighted by atomic mass is 19.4. The van der Waals surface area contributed by atoms with Gasteiger partial charge in [-0.3, -0.25) is 4.79 Å². The Morgan fingerprint density at radius 3 is 2.42 bits per heavy atom. The van der Waals surface area contributed by atoms with Crippen molar-refractivity contribution in [3.05, 3.63) is 71.3 Å². The second-order valence-electron chi connectivity index (χ2n) is 5.19. The van der Waals surface area contributed by atoms with Crippen LogP contribution in [0.3, 0.4) is 0 Å². The number of benzene rings is 2. The van der Waals surface area contributed by atoms with Gasteiger partial charge >= 0.3 is 6.18 Å². The van der Waals surface area contributed by atoms with Gasteiger partial charge in [-0.2, -0.15) is 13.2 Å². The number of ketones is 1. The number of ether oxygens (including phenoxy) is 1. The van der Waals surface area contributed by atoms with E-state index in [1.165, 1.54) is 24.3 Å². The van der Waals surface area contributed by atoms with Gasteiger partial charge in [0.1, 0.15) is 18.1 Å². The first kappa shape index (κ1) is 17.6. The summed E-state index contributed by atoms with van der Waals surface area (Å²) in [7, 11) is 0. The number of aliphatic hydroxyl groups excluding tert-OH is 1. The molecule has 2 aromatic rings. The zero-order valence-corrected chi connectivity index (χ0v) is 12.8. The Hall–Kier alpha value is -2.76. The van der Waals surface area contributed by atoms with E-state index in [1.54, 1.807) is 0 Å². The second kappa shape index (κ2) is 7.21. The van der Waals surface area contributed by atoms with Gasteiger partial charge in [0, 0.05) is 11.6 Å². The van der Waals surface area contributed by atoms with E-state index in [0.717, 1.165) is 11.1 Å². The van der Waals surface area contributed by atoms with Crippen LogP contribution >= 0.6 is 0 Å². The summed E-state index contributed by atoms with van der Waals surface area (Å²) in [6, 6.07) is 13.5. The molecule has 3 nitrogen and oxygen atoms in total. The molecule has 0 aliphatic carbocycles. The Balaban J connectivity index is 2.02. The number of rotatable bonds is 5. The summed E-state index contributed by atoms with van der Waals surface area (Å²) in [6.45, 7) is 2.31. The second-order valence-corrected chi connectivity index (χ2v) is 5.19.